The molecule has 0 amide bonds. The standard InChI is InChI=1S/C15H22N2/c1-12-4-5-15-13(11-12)3-2-10-17(15)14-6-8-16-9-7-14/h4-5,11,14,16H,2-3,6-10H2,1H3. The van der Waals surface area contributed by atoms with Gasteiger partial charge in [-0.15, -0.1) is 0 Å². The first kappa shape index (κ1) is 11.1. The molecule has 0 unspecified atom stereocenters. The lowest BCUT2D eigenvalue weighted by atomic mass is 9.95. The number of fused-ring (bicyclic) bond motifs is 1. The molecule has 2 aliphatic rings. The Morgan fingerprint density at radius 1 is 1.24 bits per heavy atom. The largest absolute Gasteiger partial charge is 0.368 e. The number of hydrogen-bond acceptors (Lipinski definition) is 2. The van der Waals surface area contributed by atoms with Gasteiger partial charge in [0.15, 0.2) is 0 Å². The van der Waals surface area contributed by atoms with Crippen molar-refractivity contribution in [2.45, 2.75) is 38.6 Å². The summed E-state index contributed by atoms with van der Waals surface area (Å²) in [6.07, 6.45) is 5.18. The van der Waals surface area contributed by atoms with E-state index in [1.807, 2.05) is 0 Å². The number of aryl methyl sites for hydroxylation is 2. The summed E-state index contributed by atoms with van der Waals surface area (Å²) in [5.74, 6) is 0. The highest BCUT2D eigenvalue weighted by Crippen LogP contribution is 2.31. The van der Waals surface area contributed by atoms with Crippen LogP contribution in [0, 0.1) is 6.92 Å². The number of nitrogens with one attached hydrogen (secondary N) is 1. The number of benzene rings is 1. The van der Waals surface area contributed by atoms with Crippen LogP contribution < -0.4 is 10.2 Å². The molecule has 0 atom stereocenters. The van der Waals surface area contributed by atoms with Crippen molar-refractivity contribution in [3.63, 3.8) is 0 Å². The van der Waals surface area contributed by atoms with Crippen molar-refractivity contribution in [2.24, 2.45) is 0 Å². The number of nitrogens with zero attached hydrogens (tertiary/aromatic N) is 1. The van der Waals surface area contributed by atoms with Crippen LogP contribution in [0.4, 0.5) is 5.69 Å². The van der Waals surface area contributed by atoms with E-state index < -0.39 is 0 Å². The van der Waals surface area contributed by atoms with E-state index in [1.54, 1.807) is 5.56 Å². The van der Waals surface area contributed by atoms with Gasteiger partial charge in [0.05, 0.1) is 0 Å². The molecule has 0 aromatic heterocycles. The van der Waals surface area contributed by atoms with Crippen molar-refractivity contribution < 1.29 is 0 Å². The smallest absolute Gasteiger partial charge is 0.0401 e. The predicted octanol–water partition coefficient (Wildman–Crippen LogP) is 2.50. The third-order valence-corrected chi connectivity index (χ3v) is 4.14. The predicted molar refractivity (Wildman–Crippen MR) is 72.7 cm³/mol. The van der Waals surface area contributed by atoms with Crippen molar-refractivity contribution in [1.29, 1.82) is 0 Å². The second-order valence-electron chi connectivity index (χ2n) is 5.41. The highest BCUT2D eigenvalue weighted by Gasteiger charge is 2.25. The van der Waals surface area contributed by atoms with E-state index in [1.165, 1.54) is 56.6 Å². The molecule has 0 radical (unpaired) electrons. The van der Waals surface area contributed by atoms with Crippen LogP contribution in [-0.2, 0) is 6.42 Å². The first-order chi connectivity index (χ1) is 8.34. The van der Waals surface area contributed by atoms with Crippen LogP contribution in [0.2, 0.25) is 0 Å². The van der Waals surface area contributed by atoms with Crippen LogP contribution in [0.15, 0.2) is 18.2 Å². The summed E-state index contributed by atoms with van der Waals surface area (Å²) in [6, 6.07) is 7.74. The molecule has 17 heavy (non-hydrogen) atoms. The second kappa shape index (κ2) is 4.69. The Labute approximate surface area is 104 Å². The molecule has 1 saturated heterocycles. The Morgan fingerprint density at radius 2 is 2.06 bits per heavy atom. The van der Waals surface area contributed by atoms with Crippen LogP contribution in [0.5, 0.6) is 0 Å². The molecule has 2 heteroatoms. The lowest BCUT2D eigenvalue weighted by Crippen LogP contribution is -2.45. The SMILES string of the molecule is Cc1ccc2c(c1)CCCN2C1CCNCC1. The van der Waals surface area contributed by atoms with E-state index in [2.05, 4.69) is 35.3 Å². The molecule has 1 aromatic rings. The minimum atomic E-state index is 0.762. The highest BCUT2D eigenvalue weighted by molar-refractivity contribution is 5.57. The minimum absolute atomic E-state index is 0.762. The van der Waals surface area contributed by atoms with Gasteiger partial charge in [-0.1, -0.05) is 17.7 Å². The highest BCUT2D eigenvalue weighted by atomic mass is 15.2. The van der Waals surface area contributed by atoms with E-state index in [0.717, 1.165) is 6.04 Å². The first-order valence-corrected chi connectivity index (χ1v) is 6.91. The van der Waals surface area contributed by atoms with Gasteiger partial charge in [-0.2, -0.15) is 0 Å². The summed E-state index contributed by atoms with van der Waals surface area (Å²) < 4.78 is 0. The monoisotopic (exact) mass is 230 g/mol. The molecule has 3 rings (SSSR count). The molecule has 2 aliphatic heterocycles. The van der Waals surface area contributed by atoms with Gasteiger partial charge in [-0.3, -0.25) is 0 Å². The van der Waals surface area contributed by atoms with Gasteiger partial charge in [0.2, 0.25) is 0 Å². The number of anilines is 1. The fraction of sp³-hybridized carbons (Fsp3) is 0.600. The van der Waals surface area contributed by atoms with E-state index >= 15 is 0 Å². The molecule has 0 aliphatic carbocycles. The van der Waals surface area contributed by atoms with Crippen LogP contribution in [-0.4, -0.2) is 25.7 Å². The maximum atomic E-state index is 3.46. The normalized spacial score (nSPS) is 21.4. The van der Waals surface area contributed by atoms with Gasteiger partial charge in [-0.05, 0) is 57.3 Å². The zero-order valence-corrected chi connectivity index (χ0v) is 10.7. The van der Waals surface area contributed by atoms with Gasteiger partial charge in [-0.25, -0.2) is 0 Å². The van der Waals surface area contributed by atoms with Crippen LogP contribution in [0.1, 0.15) is 30.4 Å². The average Bonchev–Trinajstić information content (AvgIpc) is 2.39. The summed E-state index contributed by atoms with van der Waals surface area (Å²) in [5.41, 5.74) is 4.47. The third kappa shape index (κ3) is 2.19. The van der Waals surface area contributed by atoms with Crippen LogP contribution >= 0.6 is 0 Å². The quantitative estimate of drug-likeness (QED) is 0.797. The second-order valence-corrected chi connectivity index (χ2v) is 5.41. The molecule has 0 bridgehead atoms. The van der Waals surface area contributed by atoms with Gasteiger partial charge in [0.25, 0.3) is 0 Å². The van der Waals surface area contributed by atoms with Crippen LogP contribution in [0.3, 0.4) is 0 Å². The summed E-state index contributed by atoms with van der Waals surface area (Å²) in [6.45, 7) is 5.81. The molecule has 92 valence electrons. The molecule has 1 N–H and O–H groups in total. The Bertz CT molecular complexity index is 394. The Hall–Kier alpha value is -1.02. The van der Waals surface area contributed by atoms with Gasteiger partial charge >= 0.3 is 0 Å². The zero-order chi connectivity index (χ0) is 11.7. The van der Waals surface area contributed by atoms with Gasteiger partial charge < -0.3 is 10.2 Å². The average molecular weight is 230 g/mol. The van der Waals surface area contributed by atoms with Gasteiger partial charge in [0, 0.05) is 18.3 Å². The fourth-order valence-corrected chi connectivity index (χ4v) is 3.25. The molecule has 2 nitrogen and oxygen atoms in total. The van der Waals surface area contributed by atoms with Crippen molar-refractivity contribution in [3.05, 3.63) is 29.3 Å². The zero-order valence-electron chi connectivity index (χ0n) is 10.7. The summed E-state index contributed by atoms with van der Waals surface area (Å²) >= 11 is 0. The summed E-state index contributed by atoms with van der Waals surface area (Å²) in [5, 5.41) is 3.46. The lowest BCUT2D eigenvalue weighted by molar-refractivity contribution is 0.422. The van der Waals surface area contributed by atoms with Crippen molar-refractivity contribution in [2.75, 3.05) is 24.5 Å². The Kier molecular flexibility index (Phi) is 3.06. The summed E-state index contributed by atoms with van der Waals surface area (Å²) in [7, 11) is 0. The molecular formula is C15H22N2. The Morgan fingerprint density at radius 3 is 2.88 bits per heavy atom. The lowest BCUT2D eigenvalue weighted by Gasteiger charge is -2.40. The maximum Gasteiger partial charge on any atom is 0.0401 e. The molecule has 0 saturated carbocycles. The van der Waals surface area contributed by atoms with E-state index in [9.17, 15) is 0 Å². The van der Waals surface area contributed by atoms with Gasteiger partial charge in [0.1, 0.15) is 0 Å². The number of hydrogen-bond donors (Lipinski definition) is 1. The Balaban J connectivity index is 1.88. The van der Waals surface area contributed by atoms with Crippen molar-refractivity contribution in [3.8, 4) is 0 Å². The third-order valence-electron chi connectivity index (χ3n) is 4.14. The minimum Gasteiger partial charge on any atom is -0.368 e. The van der Waals surface area contributed by atoms with E-state index in [4.69, 9.17) is 0 Å². The summed E-state index contributed by atoms with van der Waals surface area (Å²) in [4.78, 5) is 2.67. The molecule has 1 fully saturated rings. The maximum absolute atomic E-state index is 3.46. The number of piperidine rings is 1. The van der Waals surface area contributed by atoms with E-state index in [0.29, 0.717) is 0 Å². The first-order valence-electron chi connectivity index (χ1n) is 6.91. The molecule has 2 heterocycles. The molecule has 1 aromatic carbocycles. The molecular weight excluding hydrogens is 208 g/mol. The van der Waals surface area contributed by atoms with E-state index in [-0.39, 0.29) is 0 Å². The van der Waals surface area contributed by atoms with Crippen molar-refractivity contribution in [1.82, 2.24) is 5.32 Å². The topological polar surface area (TPSA) is 15.3 Å². The van der Waals surface area contributed by atoms with Crippen LogP contribution in [0.25, 0.3) is 0 Å². The van der Waals surface area contributed by atoms with Crippen molar-refractivity contribution >= 4 is 5.69 Å². The number of rotatable bonds is 1. The molecule has 0 spiro atoms. The fourth-order valence-electron chi connectivity index (χ4n) is 3.25.